The van der Waals surface area contributed by atoms with Crippen LogP contribution >= 0.6 is 34.8 Å². The second-order valence-corrected chi connectivity index (χ2v) is 5.44. The predicted octanol–water partition coefficient (Wildman–Crippen LogP) is 4.50. The van der Waals surface area contributed by atoms with Gasteiger partial charge in [-0.2, -0.15) is 5.26 Å². The first kappa shape index (κ1) is 17.1. The summed E-state index contributed by atoms with van der Waals surface area (Å²) in [6.45, 7) is 0. The molecule has 8 heteroatoms. The molecule has 0 bridgehead atoms. The Balaban J connectivity index is 2.16. The largest absolute Gasteiger partial charge is 0.358 e. The van der Waals surface area contributed by atoms with Gasteiger partial charge in [-0.15, -0.1) is 0 Å². The fourth-order valence-electron chi connectivity index (χ4n) is 1.58. The van der Waals surface area contributed by atoms with Gasteiger partial charge in [-0.25, -0.2) is 4.98 Å². The van der Waals surface area contributed by atoms with Crippen molar-refractivity contribution in [1.82, 2.24) is 4.98 Å². The van der Waals surface area contributed by atoms with Crippen LogP contribution in [0.5, 0.6) is 0 Å². The third kappa shape index (κ3) is 4.60. The number of nitrogens with one attached hydrogen (secondary N) is 2. The lowest BCUT2D eigenvalue weighted by atomic mass is 10.2. The number of hydrogen-bond donors (Lipinski definition) is 2. The second kappa shape index (κ2) is 7.84. The summed E-state index contributed by atoms with van der Waals surface area (Å²) in [5, 5.41) is 15.3. The van der Waals surface area contributed by atoms with E-state index in [2.05, 4.69) is 15.6 Å². The summed E-state index contributed by atoms with van der Waals surface area (Å²) in [4.78, 5) is 16.0. The Morgan fingerprint density at radius 2 is 2.00 bits per heavy atom. The van der Waals surface area contributed by atoms with E-state index in [4.69, 9.17) is 40.1 Å². The average molecular weight is 368 g/mol. The first-order chi connectivity index (χ1) is 11.0. The van der Waals surface area contributed by atoms with Crippen LogP contribution < -0.4 is 10.6 Å². The number of nitriles is 1. The van der Waals surface area contributed by atoms with Crippen LogP contribution in [0.1, 0.15) is 0 Å². The lowest BCUT2D eigenvalue weighted by Gasteiger charge is -2.07. The number of benzene rings is 1. The van der Waals surface area contributed by atoms with E-state index in [-0.39, 0.29) is 10.7 Å². The van der Waals surface area contributed by atoms with Crippen LogP contribution in [0.3, 0.4) is 0 Å². The van der Waals surface area contributed by atoms with Gasteiger partial charge in [-0.1, -0.05) is 34.8 Å². The van der Waals surface area contributed by atoms with E-state index in [0.29, 0.717) is 21.4 Å². The zero-order valence-corrected chi connectivity index (χ0v) is 13.7. The minimum atomic E-state index is -0.635. The molecule has 0 radical (unpaired) electrons. The highest BCUT2D eigenvalue weighted by Gasteiger charge is 2.12. The number of aromatic nitrogens is 1. The van der Waals surface area contributed by atoms with Crippen molar-refractivity contribution in [3.05, 3.63) is 63.5 Å². The van der Waals surface area contributed by atoms with Gasteiger partial charge >= 0.3 is 0 Å². The molecule has 0 unspecified atom stereocenters. The van der Waals surface area contributed by atoms with Crippen LogP contribution in [0.15, 0.2) is 48.3 Å². The Kier molecular flexibility index (Phi) is 5.83. The molecule has 2 N–H and O–H groups in total. The van der Waals surface area contributed by atoms with Crippen LogP contribution in [-0.2, 0) is 4.79 Å². The molecule has 0 spiro atoms. The summed E-state index contributed by atoms with van der Waals surface area (Å²) in [6.07, 6.45) is 2.76. The molecule has 0 aliphatic rings. The third-order valence-electron chi connectivity index (χ3n) is 2.67. The SMILES string of the molecule is N#C/C(=C/Nc1cccnc1Cl)C(=O)Nc1cc(Cl)ccc1Cl. The molecule has 5 nitrogen and oxygen atoms in total. The van der Waals surface area contributed by atoms with Crippen LogP contribution in [0.4, 0.5) is 11.4 Å². The number of pyridine rings is 1. The summed E-state index contributed by atoms with van der Waals surface area (Å²) in [6, 6.07) is 9.74. The van der Waals surface area contributed by atoms with E-state index < -0.39 is 5.91 Å². The van der Waals surface area contributed by atoms with Gasteiger partial charge in [0, 0.05) is 17.4 Å². The highest BCUT2D eigenvalue weighted by atomic mass is 35.5. The van der Waals surface area contributed by atoms with Gasteiger partial charge < -0.3 is 10.6 Å². The van der Waals surface area contributed by atoms with Gasteiger partial charge in [-0.3, -0.25) is 4.79 Å². The molecule has 0 aliphatic heterocycles. The number of carbonyl (C=O) groups is 1. The summed E-state index contributed by atoms with van der Waals surface area (Å²) in [5.74, 6) is -0.635. The monoisotopic (exact) mass is 366 g/mol. The standard InChI is InChI=1S/C15H9Cl3N4O/c16-10-3-4-11(17)13(6-10)22-15(23)9(7-19)8-21-12-2-1-5-20-14(12)18/h1-6,8,21H,(H,22,23)/b9-8-. The van der Waals surface area contributed by atoms with Gasteiger partial charge in [0.15, 0.2) is 5.15 Å². The van der Waals surface area contributed by atoms with Crippen LogP contribution in [-0.4, -0.2) is 10.9 Å². The molecule has 23 heavy (non-hydrogen) atoms. The molecule has 2 rings (SSSR count). The van der Waals surface area contributed by atoms with Crippen molar-refractivity contribution in [2.45, 2.75) is 0 Å². The number of anilines is 2. The third-order valence-corrected chi connectivity index (χ3v) is 3.54. The first-order valence-electron chi connectivity index (χ1n) is 6.25. The van der Waals surface area contributed by atoms with Crippen molar-refractivity contribution in [2.75, 3.05) is 10.6 Å². The molecule has 1 heterocycles. The summed E-state index contributed by atoms with van der Waals surface area (Å²) in [5.41, 5.74) is 0.612. The predicted molar refractivity (Wildman–Crippen MR) is 91.7 cm³/mol. The quantitative estimate of drug-likeness (QED) is 0.474. The van der Waals surface area contributed by atoms with Gasteiger partial charge in [-0.05, 0) is 30.3 Å². The second-order valence-electron chi connectivity index (χ2n) is 4.23. The molecule has 0 saturated carbocycles. The van der Waals surface area contributed by atoms with E-state index in [1.807, 2.05) is 0 Å². The van der Waals surface area contributed by atoms with E-state index >= 15 is 0 Å². The molecular formula is C15H9Cl3N4O. The Morgan fingerprint density at radius 3 is 2.70 bits per heavy atom. The van der Waals surface area contributed by atoms with Gasteiger partial charge in [0.25, 0.3) is 5.91 Å². The molecule has 116 valence electrons. The van der Waals surface area contributed by atoms with Crippen molar-refractivity contribution >= 4 is 52.1 Å². The Hall–Kier alpha value is -2.26. The molecule has 0 atom stereocenters. The zero-order chi connectivity index (χ0) is 16.8. The van der Waals surface area contributed by atoms with E-state index in [0.717, 1.165) is 0 Å². The maximum Gasteiger partial charge on any atom is 0.267 e. The maximum absolute atomic E-state index is 12.1. The number of nitrogens with zero attached hydrogens (tertiary/aromatic N) is 2. The first-order valence-corrected chi connectivity index (χ1v) is 7.38. The summed E-state index contributed by atoms with van der Waals surface area (Å²) < 4.78 is 0. The van der Waals surface area contributed by atoms with E-state index in [9.17, 15) is 4.79 Å². The number of rotatable bonds is 4. The highest BCUT2D eigenvalue weighted by Crippen LogP contribution is 2.25. The lowest BCUT2D eigenvalue weighted by Crippen LogP contribution is -2.15. The highest BCUT2D eigenvalue weighted by molar-refractivity contribution is 6.36. The molecule has 0 saturated heterocycles. The number of hydrogen-bond acceptors (Lipinski definition) is 4. The molecule has 2 aromatic rings. The minimum absolute atomic E-state index is 0.166. The van der Waals surface area contributed by atoms with Crippen molar-refractivity contribution in [3.8, 4) is 6.07 Å². The Labute approximate surface area is 147 Å². The Morgan fingerprint density at radius 1 is 1.22 bits per heavy atom. The average Bonchev–Trinajstić information content (AvgIpc) is 2.53. The van der Waals surface area contributed by atoms with Crippen LogP contribution in [0, 0.1) is 11.3 Å². The van der Waals surface area contributed by atoms with Crippen molar-refractivity contribution in [2.24, 2.45) is 0 Å². The number of halogens is 3. The normalized spacial score (nSPS) is 10.8. The Bertz CT molecular complexity index is 815. The van der Waals surface area contributed by atoms with E-state index in [1.54, 1.807) is 30.3 Å². The lowest BCUT2D eigenvalue weighted by molar-refractivity contribution is -0.112. The summed E-state index contributed by atoms with van der Waals surface area (Å²) in [7, 11) is 0. The summed E-state index contributed by atoms with van der Waals surface area (Å²) >= 11 is 17.7. The molecule has 1 amide bonds. The molecule has 1 aromatic carbocycles. The fraction of sp³-hybridized carbons (Fsp3) is 0. The molecule has 0 fully saturated rings. The molecule has 0 aliphatic carbocycles. The van der Waals surface area contributed by atoms with Crippen molar-refractivity contribution < 1.29 is 4.79 Å². The van der Waals surface area contributed by atoms with Crippen molar-refractivity contribution in [3.63, 3.8) is 0 Å². The minimum Gasteiger partial charge on any atom is -0.358 e. The van der Waals surface area contributed by atoms with Gasteiger partial charge in [0.1, 0.15) is 11.6 Å². The fourth-order valence-corrected chi connectivity index (χ4v) is 2.09. The van der Waals surface area contributed by atoms with Crippen molar-refractivity contribution in [1.29, 1.82) is 5.26 Å². The van der Waals surface area contributed by atoms with E-state index in [1.165, 1.54) is 18.5 Å². The van der Waals surface area contributed by atoms with Crippen LogP contribution in [0.25, 0.3) is 0 Å². The topological polar surface area (TPSA) is 77.8 Å². The smallest absolute Gasteiger partial charge is 0.267 e. The zero-order valence-electron chi connectivity index (χ0n) is 11.5. The maximum atomic E-state index is 12.1. The number of amides is 1. The van der Waals surface area contributed by atoms with Crippen LogP contribution in [0.2, 0.25) is 15.2 Å². The molecule has 1 aromatic heterocycles. The van der Waals surface area contributed by atoms with Gasteiger partial charge in [0.2, 0.25) is 0 Å². The molecular weight excluding hydrogens is 359 g/mol. The number of carbonyl (C=O) groups excluding carboxylic acids is 1. The van der Waals surface area contributed by atoms with Gasteiger partial charge in [0.05, 0.1) is 16.4 Å².